The molecule has 1 amide bonds. The van der Waals surface area contributed by atoms with E-state index in [4.69, 9.17) is 14.7 Å². The maximum absolute atomic E-state index is 11.8. The Hall–Kier alpha value is -2.55. The Morgan fingerprint density at radius 2 is 2.00 bits per heavy atom. The summed E-state index contributed by atoms with van der Waals surface area (Å²) in [5.41, 5.74) is 0.354. The fourth-order valence-electron chi connectivity index (χ4n) is 1.54. The van der Waals surface area contributed by atoms with Crippen LogP contribution in [0.1, 0.15) is 36.5 Å². The molecule has 0 saturated carbocycles. The lowest BCUT2D eigenvalue weighted by atomic mass is 10.2. The molecule has 0 aromatic heterocycles. The molecule has 1 aromatic rings. The third-order valence-corrected chi connectivity index (χ3v) is 2.75. The summed E-state index contributed by atoms with van der Waals surface area (Å²) in [7, 11) is 0. The van der Waals surface area contributed by atoms with Gasteiger partial charge in [0.1, 0.15) is 5.75 Å². The average molecular weight is 304 g/mol. The molecule has 1 N–H and O–H groups in total. The number of hydrogen-bond donors (Lipinski definition) is 1. The van der Waals surface area contributed by atoms with Gasteiger partial charge in [-0.05, 0) is 30.7 Å². The molecule has 0 unspecified atom stereocenters. The smallest absolute Gasteiger partial charge is 0.338 e. The summed E-state index contributed by atoms with van der Waals surface area (Å²) in [5, 5.41) is 10.8. The van der Waals surface area contributed by atoms with Crippen LogP contribution in [0.2, 0.25) is 0 Å². The predicted octanol–water partition coefficient (Wildman–Crippen LogP) is 2.05. The van der Waals surface area contributed by atoms with Crippen molar-refractivity contribution in [1.29, 1.82) is 5.26 Å². The van der Waals surface area contributed by atoms with Crippen LogP contribution in [0.25, 0.3) is 0 Å². The lowest BCUT2D eigenvalue weighted by Gasteiger charge is -2.07. The third kappa shape index (κ3) is 6.75. The van der Waals surface area contributed by atoms with Gasteiger partial charge >= 0.3 is 5.97 Å². The number of nitriles is 1. The summed E-state index contributed by atoms with van der Waals surface area (Å²) in [6.07, 6.45) is 2.25. The first kappa shape index (κ1) is 17.5. The largest absolute Gasteiger partial charge is 0.494 e. The van der Waals surface area contributed by atoms with Gasteiger partial charge < -0.3 is 14.8 Å². The van der Waals surface area contributed by atoms with Crippen LogP contribution in [0.5, 0.6) is 5.75 Å². The summed E-state index contributed by atoms with van der Waals surface area (Å²) in [6, 6.07) is 8.48. The zero-order chi connectivity index (χ0) is 16.2. The normalized spacial score (nSPS) is 9.64. The van der Waals surface area contributed by atoms with E-state index in [9.17, 15) is 9.59 Å². The van der Waals surface area contributed by atoms with Gasteiger partial charge in [-0.2, -0.15) is 5.26 Å². The van der Waals surface area contributed by atoms with Crippen molar-refractivity contribution in [1.82, 2.24) is 5.32 Å². The van der Waals surface area contributed by atoms with Crippen LogP contribution in [-0.4, -0.2) is 31.6 Å². The van der Waals surface area contributed by atoms with Gasteiger partial charge in [0, 0.05) is 6.54 Å². The third-order valence-electron chi connectivity index (χ3n) is 2.75. The van der Waals surface area contributed by atoms with Crippen LogP contribution in [0.15, 0.2) is 24.3 Å². The maximum Gasteiger partial charge on any atom is 0.338 e. The van der Waals surface area contributed by atoms with E-state index in [1.54, 1.807) is 24.3 Å². The number of rotatable bonds is 9. The fraction of sp³-hybridized carbons (Fsp3) is 0.438. The number of nitrogens with zero attached hydrogens (tertiary/aromatic N) is 1. The molecule has 0 heterocycles. The van der Waals surface area contributed by atoms with Gasteiger partial charge in [-0.3, -0.25) is 4.79 Å². The zero-order valence-corrected chi connectivity index (χ0v) is 12.6. The number of esters is 1. The molecule has 1 aromatic carbocycles. The van der Waals surface area contributed by atoms with Crippen molar-refractivity contribution in [2.75, 3.05) is 19.8 Å². The van der Waals surface area contributed by atoms with Gasteiger partial charge in [0.2, 0.25) is 0 Å². The second kappa shape index (κ2) is 10.2. The van der Waals surface area contributed by atoms with Crippen LogP contribution in [-0.2, 0) is 9.53 Å². The summed E-state index contributed by atoms with van der Waals surface area (Å²) in [4.78, 5) is 23.1. The number of carbonyl (C=O) groups is 2. The van der Waals surface area contributed by atoms with E-state index in [-0.39, 0.29) is 19.6 Å². The number of benzene rings is 1. The number of unbranched alkanes of at least 4 members (excludes halogenated alkanes) is 1. The van der Waals surface area contributed by atoms with E-state index >= 15 is 0 Å². The molecule has 22 heavy (non-hydrogen) atoms. The highest BCUT2D eigenvalue weighted by Gasteiger charge is 2.10. The Kier molecular flexibility index (Phi) is 8.13. The van der Waals surface area contributed by atoms with E-state index in [0.717, 1.165) is 12.8 Å². The molecule has 1 rings (SSSR count). The van der Waals surface area contributed by atoms with E-state index in [2.05, 4.69) is 12.2 Å². The molecule has 6 nitrogen and oxygen atoms in total. The second-order valence-electron chi connectivity index (χ2n) is 4.56. The minimum atomic E-state index is -0.574. The Labute approximate surface area is 130 Å². The number of ether oxygens (including phenoxy) is 2. The first-order valence-electron chi connectivity index (χ1n) is 7.21. The molecular weight excluding hydrogens is 284 g/mol. The van der Waals surface area contributed by atoms with Crippen LogP contribution < -0.4 is 10.1 Å². The van der Waals surface area contributed by atoms with Gasteiger partial charge in [0.25, 0.3) is 5.91 Å². The van der Waals surface area contributed by atoms with Crippen molar-refractivity contribution in [2.24, 2.45) is 0 Å². The Balaban J connectivity index is 2.36. The van der Waals surface area contributed by atoms with Crippen LogP contribution in [0.3, 0.4) is 0 Å². The SMILES string of the molecule is CCCCOc1ccc(C(=O)OCC(=O)NCCC#N)cc1. The monoisotopic (exact) mass is 304 g/mol. The lowest BCUT2D eigenvalue weighted by molar-refractivity contribution is -0.124. The molecule has 0 aliphatic carbocycles. The minimum Gasteiger partial charge on any atom is -0.494 e. The predicted molar refractivity (Wildman–Crippen MR) is 80.4 cm³/mol. The summed E-state index contributed by atoms with van der Waals surface area (Å²) in [6.45, 7) is 2.61. The fourth-order valence-corrected chi connectivity index (χ4v) is 1.54. The maximum atomic E-state index is 11.8. The Morgan fingerprint density at radius 3 is 2.64 bits per heavy atom. The van der Waals surface area contributed by atoms with Crippen molar-refractivity contribution >= 4 is 11.9 Å². The Bertz CT molecular complexity index is 520. The van der Waals surface area contributed by atoms with Crippen molar-refractivity contribution in [3.63, 3.8) is 0 Å². The Morgan fingerprint density at radius 1 is 1.27 bits per heavy atom. The van der Waals surface area contributed by atoms with E-state index in [0.29, 0.717) is 17.9 Å². The van der Waals surface area contributed by atoms with Gasteiger partial charge in [-0.25, -0.2) is 4.79 Å². The molecule has 0 bridgehead atoms. The van der Waals surface area contributed by atoms with E-state index < -0.39 is 11.9 Å². The summed E-state index contributed by atoms with van der Waals surface area (Å²) in [5.74, 6) is -0.307. The second-order valence-corrected chi connectivity index (χ2v) is 4.56. The quantitative estimate of drug-likeness (QED) is 0.557. The summed E-state index contributed by atoms with van der Waals surface area (Å²) < 4.78 is 10.4. The highest BCUT2D eigenvalue weighted by atomic mass is 16.5. The molecule has 0 saturated heterocycles. The van der Waals surface area contributed by atoms with Gasteiger partial charge in [0.05, 0.1) is 24.7 Å². The highest BCUT2D eigenvalue weighted by Crippen LogP contribution is 2.13. The molecule has 0 atom stereocenters. The van der Waals surface area contributed by atoms with Crippen molar-refractivity contribution in [3.05, 3.63) is 29.8 Å². The van der Waals surface area contributed by atoms with Gasteiger partial charge in [0.15, 0.2) is 6.61 Å². The molecule has 6 heteroatoms. The number of amides is 1. The molecule has 0 fully saturated rings. The lowest BCUT2D eigenvalue weighted by Crippen LogP contribution is -2.29. The number of hydrogen-bond acceptors (Lipinski definition) is 5. The summed E-state index contributed by atoms with van der Waals surface area (Å²) >= 11 is 0. The molecule has 0 radical (unpaired) electrons. The first-order valence-corrected chi connectivity index (χ1v) is 7.21. The zero-order valence-electron chi connectivity index (χ0n) is 12.6. The highest BCUT2D eigenvalue weighted by molar-refractivity contribution is 5.91. The van der Waals surface area contributed by atoms with E-state index in [1.165, 1.54) is 0 Å². The first-order chi connectivity index (χ1) is 10.7. The minimum absolute atomic E-state index is 0.221. The van der Waals surface area contributed by atoms with Crippen LogP contribution >= 0.6 is 0 Å². The van der Waals surface area contributed by atoms with Crippen LogP contribution in [0, 0.1) is 11.3 Å². The molecular formula is C16H20N2O4. The molecule has 0 aliphatic rings. The number of nitrogens with one attached hydrogen (secondary N) is 1. The van der Waals surface area contributed by atoms with Gasteiger partial charge in [-0.1, -0.05) is 13.3 Å². The average Bonchev–Trinajstić information content (AvgIpc) is 2.54. The van der Waals surface area contributed by atoms with Crippen molar-refractivity contribution in [2.45, 2.75) is 26.2 Å². The van der Waals surface area contributed by atoms with Gasteiger partial charge in [-0.15, -0.1) is 0 Å². The standard InChI is InChI=1S/C16H20N2O4/c1-2-3-11-21-14-7-5-13(6-8-14)16(20)22-12-15(19)18-10-4-9-17/h5-8H,2-4,10-12H2,1H3,(H,18,19). The molecule has 0 spiro atoms. The van der Waals surface area contributed by atoms with Crippen LogP contribution in [0.4, 0.5) is 0 Å². The topological polar surface area (TPSA) is 88.4 Å². The molecule has 0 aliphatic heterocycles. The van der Waals surface area contributed by atoms with E-state index in [1.807, 2.05) is 6.07 Å². The molecule has 118 valence electrons. The van der Waals surface area contributed by atoms with Crippen molar-refractivity contribution in [3.8, 4) is 11.8 Å². The van der Waals surface area contributed by atoms with Crippen molar-refractivity contribution < 1.29 is 19.1 Å². The number of carbonyl (C=O) groups excluding carboxylic acids is 2.